The van der Waals surface area contributed by atoms with Crippen LogP contribution in [-0.4, -0.2) is 39.5 Å². The smallest absolute Gasteiger partial charge is 0.269 e. The van der Waals surface area contributed by atoms with E-state index in [1.165, 1.54) is 0 Å². The SMILES string of the molecule is CNC(=O)c1cccc(CNc2ncc(-c3ccnc(N)n3)c3c2CCO3)n1. The fourth-order valence-corrected chi connectivity index (χ4v) is 3.05. The van der Waals surface area contributed by atoms with Crippen LogP contribution in [0.15, 0.2) is 36.7 Å². The average Bonchev–Trinajstić information content (AvgIpc) is 3.21. The lowest BCUT2D eigenvalue weighted by molar-refractivity contribution is 0.0958. The number of nitrogens with one attached hydrogen (secondary N) is 2. The molecule has 0 atom stereocenters. The van der Waals surface area contributed by atoms with Gasteiger partial charge < -0.3 is 21.1 Å². The van der Waals surface area contributed by atoms with Gasteiger partial charge in [-0.25, -0.2) is 19.9 Å². The van der Waals surface area contributed by atoms with E-state index >= 15 is 0 Å². The first-order valence-electron chi connectivity index (χ1n) is 8.81. The van der Waals surface area contributed by atoms with Gasteiger partial charge in [0.25, 0.3) is 5.91 Å². The van der Waals surface area contributed by atoms with Crippen molar-refractivity contribution in [1.82, 2.24) is 25.3 Å². The van der Waals surface area contributed by atoms with Crippen molar-refractivity contribution in [3.8, 4) is 17.0 Å². The van der Waals surface area contributed by atoms with Crippen molar-refractivity contribution in [1.29, 1.82) is 0 Å². The number of nitrogen functional groups attached to an aromatic ring is 1. The number of ether oxygens (including phenoxy) is 1. The van der Waals surface area contributed by atoms with Gasteiger partial charge in [-0.15, -0.1) is 0 Å². The Hall–Kier alpha value is -3.75. The molecule has 142 valence electrons. The number of anilines is 2. The summed E-state index contributed by atoms with van der Waals surface area (Å²) in [5.41, 5.74) is 9.25. The third kappa shape index (κ3) is 3.41. The molecule has 0 aliphatic carbocycles. The third-order valence-electron chi connectivity index (χ3n) is 4.38. The largest absolute Gasteiger partial charge is 0.492 e. The van der Waals surface area contributed by atoms with Gasteiger partial charge in [-0.05, 0) is 18.2 Å². The van der Waals surface area contributed by atoms with Gasteiger partial charge in [-0.2, -0.15) is 0 Å². The van der Waals surface area contributed by atoms with Crippen LogP contribution in [0.5, 0.6) is 5.75 Å². The van der Waals surface area contributed by atoms with Crippen LogP contribution < -0.4 is 21.1 Å². The second-order valence-electron chi connectivity index (χ2n) is 6.17. The number of rotatable bonds is 5. The minimum absolute atomic E-state index is 0.202. The summed E-state index contributed by atoms with van der Waals surface area (Å²) in [6.45, 7) is 1.01. The molecule has 1 aliphatic rings. The van der Waals surface area contributed by atoms with Crippen LogP contribution in [-0.2, 0) is 13.0 Å². The Kier molecular flexibility index (Phi) is 4.71. The fourth-order valence-electron chi connectivity index (χ4n) is 3.05. The normalized spacial score (nSPS) is 12.2. The van der Waals surface area contributed by atoms with Crippen LogP contribution in [0.3, 0.4) is 0 Å². The zero-order chi connectivity index (χ0) is 19.5. The molecular weight excluding hydrogens is 358 g/mol. The summed E-state index contributed by atoms with van der Waals surface area (Å²) in [5, 5.41) is 5.86. The maximum absolute atomic E-state index is 11.7. The highest BCUT2D eigenvalue weighted by molar-refractivity contribution is 5.92. The standard InChI is InChI=1S/C19H19N7O2/c1-21-18(27)15-4-2-3-11(25-15)9-23-17-12-6-8-28-16(12)13(10-24-17)14-5-7-22-19(20)26-14/h2-5,7,10H,6,8-9H2,1H3,(H,21,27)(H,23,24)(H2,20,22,26). The molecule has 4 rings (SSSR count). The maximum atomic E-state index is 11.7. The predicted octanol–water partition coefficient (Wildman–Crippen LogP) is 1.42. The van der Waals surface area contributed by atoms with E-state index in [9.17, 15) is 4.79 Å². The molecule has 3 aromatic rings. The first kappa shape index (κ1) is 17.7. The highest BCUT2D eigenvalue weighted by Crippen LogP contribution is 2.39. The summed E-state index contributed by atoms with van der Waals surface area (Å²) in [7, 11) is 1.58. The number of amides is 1. The van der Waals surface area contributed by atoms with Gasteiger partial charge in [0.15, 0.2) is 0 Å². The highest BCUT2D eigenvalue weighted by Gasteiger charge is 2.23. The maximum Gasteiger partial charge on any atom is 0.269 e. The summed E-state index contributed by atoms with van der Waals surface area (Å²) in [5.74, 6) is 1.46. The Morgan fingerprint density at radius 3 is 2.96 bits per heavy atom. The highest BCUT2D eigenvalue weighted by atomic mass is 16.5. The van der Waals surface area contributed by atoms with E-state index in [0.717, 1.165) is 34.8 Å². The molecule has 0 radical (unpaired) electrons. The third-order valence-corrected chi connectivity index (χ3v) is 4.38. The molecule has 0 spiro atoms. The van der Waals surface area contributed by atoms with Crippen molar-refractivity contribution >= 4 is 17.7 Å². The minimum atomic E-state index is -0.220. The molecule has 9 heteroatoms. The quantitative estimate of drug-likeness (QED) is 0.609. The second-order valence-corrected chi connectivity index (χ2v) is 6.17. The average molecular weight is 377 g/mol. The molecule has 9 nitrogen and oxygen atoms in total. The molecule has 0 aromatic carbocycles. The monoisotopic (exact) mass is 377 g/mol. The molecular formula is C19H19N7O2. The summed E-state index contributed by atoms with van der Waals surface area (Å²) >= 11 is 0. The van der Waals surface area contributed by atoms with Crippen molar-refractivity contribution in [3.05, 3.63) is 53.6 Å². The number of fused-ring (bicyclic) bond motifs is 1. The summed E-state index contributed by atoms with van der Waals surface area (Å²) in [6.07, 6.45) is 4.06. The Labute approximate surface area is 161 Å². The molecule has 1 amide bonds. The topological polar surface area (TPSA) is 128 Å². The molecule has 0 unspecified atom stereocenters. The van der Waals surface area contributed by atoms with E-state index in [-0.39, 0.29) is 11.9 Å². The molecule has 4 heterocycles. The molecule has 4 N–H and O–H groups in total. The number of carbonyl (C=O) groups is 1. The molecule has 3 aromatic heterocycles. The van der Waals surface area contributed by atoms with Crippen LogP contribution in [0, 0.1) is 0 Å². The van der Waals surface area contributed by atoms with E-state index in [2.05, 4.69) is 30.6 Å². The number of nitrogens with zero attached hydrogens (tertiary/aromatic N) is 4. The van der Waals surface area contributed by atoms with Crippen molar-refractivity contribution < 1.29 is 9.53 Å². The number of hydrogen-bond donors (Lipinski definition) is 3. The molecule has 0 saturated carbocycles. The van der Waals surface area contributed by atoms with Crippen LogP contribution in [0.25, 0.3) is 11.3 Å². The zero-order valence-electron chi connectivity index (χ0n) is 15.3. The molecule has 1 aliphatic heterocycles. The van der Waals surface area contributed by atoms with Gasteiger partial charge >= 0.3 is 0 Å². The van der Waals surface area contributed by atoms with E-state index in [1.54, 1.807) is 37.6 Å². The summed E-state index contributed by atoms with van der Waals surface area (Å²) in [4.78, 5) is 28.8. The van der Waals surface area contributed by atoms with E-state index in [0.29, 0.717) is 24.5 Å². The molecule has 0 saturated heterocycles. The number of carbonyl (C=O) groups excluding carboxylic acids is 1. The van der Waals surface area contributed by atoms with Gasteiger partial charge in [0, 0.05) is 31.4 Å². The predicted molar refractivity (Wildman–Crippen MR) is 104 cm³/mol. The van der Waals surface area contributed by atoms with Crippen molar-refractivity contribution in [2.24, 2.45) is 0 Å². The Bertz CT molecular complexity index is 1040. The van der Waals surface area contributed by atoms with Gasteiger partial charge in [-0.1, -0.05) is 6.07 Å². The summed E-state index contributed by atoms with van der Waals surface area (Å²) in [6, 6.07) is 7.11. The molecule has 0 fully saturated rings. The van der Waals surface area contributed by atoms with Gasteiger partial charge in [-0.3, -0.25) is 4.79 Å². The van der Waals surface area contributed by atoms with E-state index < -0.39 is 0 Å². The fraction of sp³-hybridized carbons (Fsp3) is 0.211. The Balaban J connectivity index is 1.59. The van der Waals surface area contributed by atoms with Gasteiger partial charge in [0.2, 0.25) is 5.95 Å². The first-order valence-corrected chi connectivity index (χ1v) is 8.81. The number of pyridine rings is 2. The van der Waals surface area contributed by atoms with Crippen molar-refractivity contribution in [2.75, 3.05) is 24.7 Å². The van der Waals surface area contributed by atoms with Crippen LogP contribution >= 0.6 is 0 Å². The lowest BCUT2D eigenvalue weighted by Gasteiger charge is -2.12. The summed E-state index contributed by atoms with van der Waals surface area (Å²) < 4.78 is 5.83. The van der Waals surface area contributed by atoms with Crippen LogP contribution in [0.4, 0.5) is 11.8 Å². The van der Waals surface area contributed by atoms with Crippen molar-refractivity contribution in [3.63, 3.8) is 0 Å². The number of nitrogens with two attached hydrogens (primary N) is 1. The first-order chi connectivity index (χ1) is 13.7. The van der Waals surface area contributed by atoms with Crippen LogP contribution in [0.2, 0.25) is 0 Å². The Morgan fingerprint density at radius 1 is 1.25 bits per heavy atom. The zero-order valence-corrected chi connectivity index (χ0v) is 15.3. The Morgan fingerprint density at radius 2 is 2.14 bits per heavy atom. The number of hydrogen-bond acceptors (Lipinski definition) is 8. The second kappa shape index (κ2) is 7.47. The molecule has 28 heavy (non-hydrogen) atoms. The van der Waals surface area contributed by atoms with Crippen molar-refractivity contribution in [2.45, 2.75) is 13.0 Å². The molecule has 0 bridgehead atoms. The van der Waals surface area contributed by atoms with E-state index in [1.807, 2.05) is 6.07 Å². The number of aromatic nitrogens is 4. The minimum Gasteiger partial charge on any atom is -0.492 e. The van der Waals surface area contributed by atoms with Gasteiger partial charge in [0.05, 0.1) is 30.1 Å². The van der Waals surface area contributed by atoms with Crippen LogP contribution in [0.1, 0.15) is 21.7 Å². The lowest BCUT2D eigenvalue weighted by Crippen LogP contribution is -2.20. The lowest BCUT2D eigenvalue weighted by atomic mass is 10.1. The van der Waals surface area contributed by atoms with E-state index in [4.69, 9.17) is 10.5 Å². The van der Waals surface area contributed by atoms with Gasteiger partial charge in [0.1, 0.15) is 17.3 Å².